The van der Waals surface area contributed by atoms with Crippen LogP contribution >= 0.6 is 23.2 Å². The molecule has 2 rings (SSSR count). The van der Waals surface area contributed by atoms with Crippen LogP contribution in [0.1, 0.15) is 5.56 Å². The van der Waals surface area contributed by atoms with E-state index in [1.54, 1.807) is 23.0 Å². The Morgan fingerprint density at radius 1 is 1.33 bits per heavy atom. The van der Waals surface area contributed by atoms with Crippen LogP contribution in [0.3, 0.4) is 0 Å². The molecule has 0 radical (unpaired) electrons. The van der Waals surface area contributed by atoms with E-state index >= 15 is 0 Å². The quantitative estimate of drug-likeness (QED) is 0.879. The predicted octanol–water partition coefficient (Wildman–Crippen LogP) is 2.64. The van der Waals surface area contributed by atoms with Crippen molar-refractivity contribution in [1.82, 2.24) is 9.78 Å². The van der Waals surface area contributed by atoms with Gasteiger partial charge in [-0.15, -0.1) is 0 Å². The lowest BCUT2D eigenvalue weighted by atomic mass is 10.3. The van der Waals surface area contributed by atoms with Gasteiger partial charge in [0.15, 0.2) is 0 Å². The molecule has 15 heavy (non-hydrogen) atoms. The largest absolute Gasteiger partial charge is 0.326 e. The maximum atomic E-state index is 6.04. The molecule has 0 bridgehead atoms. The molecule has 1 heterocycles. The summed E-state index contributed by atoms with van der Waals surface area (Å²) in [5.41, 5.74) is 7.25. The van der Waals surface area contributed by atoms with Gasteiger partial charge in [0.25, 0.3) is 0 Å². The normalized spacial score (nSPS) is 10.6. The maximum absolute atomic E-state index is 6.04. The molecule has 0 amide bonds. The molecule has 0 atom stereocenters. The second kappa shape index (κ2) is 4.23. The zero-order chi connectivity index (χ0) is 10.8. The number of nitrogens with zero attached hydrogens (tertiary/aromatic N) is 2. The first-order valence-electron chi connectivity index (χ1n) is 4.40. The Hall–Kier alpha value is -1.03. The van der Waals surface area contributed by atoms with Crippen LogP contribution in [0.4, 0.5) is 0 Å². The van der Waals surface area contributed by atoms with Gasteiger partial charge in [-0.05, 0) is 18.2 Å². The molecule has 0 saturated heterocycles. The standard InChI is InChI=1S/C10H9Cl2N3/c11-8-1-2-10(9(12)3-8)15-6-7(4-13)5-14-15/h1-3,5-6H,4,13H2. The van der Waals surface area contributed by atoms with E-state index < -0.39 is 0 Å². The van der Waals surface area contributed by atoms with Crippen molar-refractivity contribution in [2.45, 2.75) is 6.54 Å². The topological polar surface area (TPSA) is 43.8 Å². The zero-order valence-electron chi connectivity index (χ0n) is 7.82. The molecule has 0 fully saturated rings. The summed E-state index contributed by atoms with van der Waals surface area (Å²) >= 11 is 11.8. The highest BCUT2D eigenvalue weighted by Gasteiger charge is 2.04. The van der Waals surface area contributed by atoms with E-state index in [1.165, 1.54) is 0 Å². The summed E-state index contributed by atoms with van der Waals surface area (Å²) in [6.45, 7) is 0.464. The van der Waals surface area contributed by atoms with Crippen LogP contribution in [0.25, 0.3) is 5.69 Å². The predicted molar refractivity (Wildman–Crippen MR) is 61.5 cm³/mol. The summed E-state index contributed by atoms with van der Waals surface area (Å²) < 4.78 is 1.68. The average Bonchev–Trinajstić information content (AvgIpc) is 2.66. The Morgan fingerprint density at radius 2 is 2.13 bits per heavy atom. The van der Waals surface area contributed by atoms with Crippen LogP contribution in [-0.2, 0) is 6.54 Å². The van der Waals surface area contributed by atoms with Crippen molar-refractivity contribution in [3.63, 3.8) is 0 Å². The highest BCUT2D eigenvalue weighted by molar-refractivity contribution is 6.35. The molecule has 0 spiro atoms. The average molecular weight is 242 g/mol. The Bertz CT molecular complexity index is 479. The molecule has 1 aromatic carbocycles. The minimum Gasteiger partial charge on any atom is -0.326 e. The molecule has 2 N–H and O–H groups in total. The van der Waals surface area contributed by atoms with Crippen molar-refractivity contribution >= 4 is 23.2 Å². The SMILES string of the molecule is NCc1cnn(-c2ccc(Cl)cc2Cl)c1. The molecule has 78 valence electrons. The molecule has 0 aliphatic carbocycles. The number of rotatable bonds is 2. The minimum atomic E-state index is 0.464. The van der Waals surface area contributed by atoms with Crippen LogP contribution in [0.2, 0.25) is 10.0 Å². The summed E-state index contributed by atoms with van der Waals surface area (Å²) in [6, 6.07) is 5.27. The van der Waals surface area contributed by atoms with Gasteiger partial charge >= 0.3 is 0 Å². The summed E-state index contributed by atoms with van der Waals surface area (Å²) in [4.78, 5) is 0. The van der Waals surface area contributed by atoms with Crippen LogP contribution in [-0.4, -0.2) is 9.78 Å². The van der Waals surface area contributed by atoms with E-state index in [2.05, 4.69) is 5.10 Å². The van der Waals surface area contributed by atoms with Gasteiger partial charge in [0.2, 0.25) is 0 Å². The lowest BCUT2D eigenvalue weighted by Gasteiger charge is -2.03. The van der Waals surface area contributed by atoms with Crippen LogP contribution in [0.15, 0.2) is 30.6 Å². The van der Waals surface area contributed by atoms with E-state index in [4.69, 9.17) is 28.9 Å². The Kier molecular flexibility index (Phi) is 2.95. The number of benzene rings is 1. The fourth-order valence-electron chi connectivity index (χ4n) is 1.26. The third kappa shape index (κ3) is 2.15. The summed E-state index contributed by atoms with van der Waals surface area (Å²) in [5, 5.41) is 5.33. The van der Waals surface area contributed by atoms with Crippen molar-refractivity contribution in [2.24, 2.45) is 5.73 Å². The number of hydrogen-bond acceptors (Lipinski definition) is 2. The van der Waals surface area contributed by atoms with Gasteiger partial charge < -0.3 is 5.73 Å². The first kappa shape index (κ1) is 10.5. The molecule has 5 heteroatoms. The van der Waals surface area contributed by atoms with Crippen LogP contribution in [0, 0.1) is 0 Å². The third-order valence-corrected chi connectivity index (χ3v) is 2.57. The first-order chi connectivity index (χ1) is 7.20. The molecule has 0 unspecified atom stereocenters. The van der Waals surface area contributed by atoms with Gasteiger partial charge in [0.1, 0.15) is 0 Å². The molecule has 0 aliphatic rings. The monoisotopic (exact) mass is 241 g/mol. The van der Waals surface area contributed by atoms with E-state index in [-0.39, 0.29) is 0 Å². The molecule has 0 aliphatic heterocycles. The summed E-state index contributed by atoms with van der Waals surface area (Å²) in [7, 11) is 0. The fraction of sp³-hybridized carbons (Fsp3) is 0.100. The van der Waals surface area contributed by atoms with Crippen molar-refractivity contribution < 1.29 is 0 Å². The van der Waals surface area contributed by atoms with E-state index in [1.807, 2.05) is 12.3 Å². The second-order valence-electron chi connectivity index (χ2n) is 3.09. The van der Waals surface area contributed by atoms with E-state index in [0.717, 1.165) is 11.3 Å². The summed E-state index contributed by atoms with van der Waals surface area (Å²) in [5.74, 6) is 0. The second-order valence-corrected chi connectivity index (χ2v) is 3.94. The van der Waals surface area contributed by atoms with Gasteiger partial charge in [0.05, 0.1) is 16.9 Å². The zero-order valence-corrected chi connectivity index (χ0v) is 9.33. The molecule has 2 aromatic rings. The molecule has 3 nitrogen and oxygen atoms in total. The van der Waals surface area contributed by atoms with Crippen LogP contribution < -0.4 is 5.73 Å². The van der Waals surface area contributed by atoms with Gasteiger partial charge in [-0.25, -0.2) is 4.68 Å². The number of aromatic nitrogens is 2. The van der Waals surface area contributed by atoms with Crippen molar-refractivity contribution in [2.75, 3.05) is 0 Å². The molecule has 0 saturated carbocycles. The van der Waals surface area contributed by atoms with Crippen molar-refractivity contribution in [3.8, 4) is 5.69 Å². The van der Waals surface area contributed by atoms with E-state index in [9.17, 15) is 0 Å². The Morgan fingerprint density at radius 3 is 2.73 bits per heavy atom. The van der Waals surface area contributed by atoms with E-state index in [0.29, 0.717) is 16.6 Å². The smallest absolute Gasteiger partial charge is 0.0832 e. The molecule has 1 aromatic heterocycles. The fourth-order valence-corrected chi connectivity index (χ4v) is 1.76. The van der Waals surface area contributed by atoms with Gasteiger partial charge in [-0.1, -0.05) is 23.2 Å². The van der Waals surface area contributed by atoms with Crippen LogP contribution in [0.5, 0.6) is 0 Å². The Labute approximate surface area is 97.4 Å². The third-order valence-electron chi connectivity index (χ3n) is 2.03. The maximum Gasteiger partial charge on any atom is 0.0832 e. The lowest BCUT2D eigenvalue weighted by molar-refractivity contribution is 0.880. The van der Waals surface area contributed by atoms with Crippen molar-refractivity contribution in [1.29, 1.82) is 0 Å². The highest BCUT2D eigenvalue weighted by Crippen LogP contribution is 2.23. The first-order valence-corrected chi connectivity index (χ1v) is 5.15. The molecular weight excluding hydrogens is 233 g/mol. The summed E-state index contributed by atoms with van der Waals surface area (Å²) in [6.07, 6.45) is 3.56. The van der Waals surface area contributed by atoms with Gasteiger partial charge in [-0.3, -0.25) is 0 Å². The molecular formula is C10H9Cl2N3. The Balaban J connectivity index is 2.44. The van der Waals surface area contributed by atoms with Crippen molar-refractivity contribution in [3.05, 3.63) is 46.2 Å². The minimum absolute atomic E-state index is 0.464. The van der Waals surface area contributed by atoms with Gasteiger partial charge in [-0.2, -0.15) is 5.10 Å². The highest BCUT2D eigenvalue weighted by atomic mass is 35.5. The number of halogens is 2. The lowest BCUT2D eigenvalue weighted by Crippen LogP contribution is -1.96. The number of nitrogens with two attached hydrogens (primary N) is 1. The van der Waals surface area contributed by atoms with Gasteiger partial charge in [0, 0.05) is 23.3 Å². The number of hydrogen-bond donors (Lipinski definition) is 1.